The van der Waals surface area contributed by atoms with E-state index in [1.165, 1.54) is 18.1 Å². The van der Waals surface area contributed by atoms with Crippen LogP contribution in [0.1, 0.15) is 66.6 Å². The van der Waals surface area contributed by atoms with Crippen LogP contribution in [0.4, 0.5) is 10.2 Å². The second kappa shape index (κ2) is 9.88. The molecule has 0 amide bonds. The number of hydrogen-bond acceptors (Lipinski definition) is 6. The fourth-order valence-corrected chi connectivity index (χ4v) is 6.06. The number of likely N-dealkylation sites (tertiary alicyclic amines) is 1. The van der Waals surface area contributed by atoms with Gasteiger partial charge in [-0.05, 0) is 79.8 Å². The fourth-order valence-electron chi connectivity index (χ4n) is 6.06. The number of rotatable bonds is 7. The number of unbranched alkanes of at least 4 members (excludes halogenated alkanes) is 1. The van der Waals surface area contributed by atoms with Crippen LogP contribution in [0.15, 0.2) is 41.7 Å². The molecule has 2 aromatic rings. The number of benzene rings is 1. The maximum Gasteiger partial charge on any atom is 0.129 e. The van der Waals surface area contributed by atoms with Crippen LogP contribution in [0.25, 0.3) is 0 Å². The van der Waals surface area contributed by atoms with Crippen molar-refractivity contribution in [1.29, 1.82) is 0 Å². The van der Waals surface area contributed by atoms with Crippen LogP contribution in [-0.4, -0.2) is 53.9 Å². The molecule has 186 valence electrons. The number of ether oxygens (including phenoxy) is 2. The molecule has 0 radical (unpaired) electrons. The predicted octanol–water partition coefficient (Wildman–Crippen LogP) is 5.02. The van der Waals surface area contributed by atoms with Crippen molar-refractivity contribution in [3.05, 3.63) is 69.9 Å². The highest BCUT2D eigenvalue weighted by atomic mass is 19.1. The SMILES string of the molecule is OC1=C2CCOC2c2ccc(F)cc2[C@H]1N1CC[C@@H](OCCCCc2ccc3c(n2)NCCC3)C1. The van der Waals surface area contributed by atoms with E-state index in [2.05, 4.69) is 22.3 Å². The van der Waals surface area contributed by atoms with Gasteiger partial charge in [0.1, 0.15) is 23.5 Å². The van der Waals surface area contributed by atoms with Gasteiger partial charge in [-0.2, -0.15) is 0 Å². The van der Waals surface area contributed by atoms with Gasteiger partial charge in [-0.1, -0.05) is 12.1 Å². The lowest BCUT2D eigenvalue weighted by Crippen LogP contribution is -2.33. The molecule has 0 spiro atoms. The highest BCUT2D eigenvalue weighted by Crippen LogP contribution is 2.48. The van der Waals surface area contributed by atoms with E-state index in [4.69, 9.17) is 14.5 Å². The van der Waals surface area contributed by atoms with Gasteiger partial charge in [0.25, 0.3) is 0 Å². The second-order valence-electron chi connectivity index (χ2n) is 10.2. The van der Waals surface area contributed by atoms with Crippen LogP contribution in [0.2, 0.25) is 0 Å². The average molecular weight is 480 g/mol. The lowest BCUT2D eigenvalue weighted by Gasteiger charge is -2.35. The summed E-state index contributed by atoms with van der Waals surface area (Å²) >= 11 is 0. The van der Waals surface area contributed by atoms with Gasteiger partial charge in [-0.25, -0.2) is 9.37 Å². The topological polar surface area (TPSA) is 66.9 Å². The summed E-state index contributed by atoms with van der Waals surface area (Å²) in [7, 11) is 0. The molecule has 7 heteroatoms. The molecule has 35 heavy (non-hydrogen) atoms. The summed E-state index contributed by atoms with van der Waals surface area (Å²) in [5.41, 5.74) is 5.23. The maximum absolute atomic E-state index is 14.2. The van der Waals surface area contributed by atoms with Crippen LogP contribution in [-0.2, 0) is 22.3 Å². The van der Waals surface area contributed by atoms with E-state index >= 15 is 0 Å². The first-order valence-corrected chi connectivity index (χ1v) is 13.1. The van der Waals surface area contributed by atoms with Gasteiger partial charge in [0.15, 0.2) is 0 Å². The molecule has 6 rings (SSSR count). The lowest BCUT2D eigenvalue weighted by atomic mass is 9.84. The molecule has 4 heterocycles. The van der Waals surface area contributed by atoms with Crippen molar-refractivity contribution >= 4 is 5.82 Å². The van der Waals surface area contributed by atoms with Crippen molar-refractivity contribution in [2.45, 2.75) is 63.2 Å². The quantitative estimate of drug-likeness (QED) is 0.544. The number of nitrogens with zero attached hydrogens (tertiary/aromatic N) is 2. The number of halogens is 1. The molecule has 0 saturated carbocycles. The molecule has 2 saturated heterocycles. The fraction of sp³-hybridized carbons (Fsp3) is 0.536. The van der Waals surface area contributed by atoms with Crippen molar-refractivity contribution in [3.8, 4) is 0 Å². The predicted molar refractivity (Wildman–Crippen MR) is 132 cm³/mol. The number of hydrogen-bond donors (Lipinski definition) is 2. The largest absolute Gasteiger partial charge is 0.510 e. The first-order chi connectivity index (χ1) is 17.2. The van der Waals surface area contributed by atoms with Crippen LogP contribution in [0, 0.1) is 5.82 Å². The number of aliphatic hydroxyl groups is 1. The molecule has 3 aliphatic heterocycles. The van der Waals surface area contributed by atoms with Gasteiger partial charge in [0.2, 0.25) is 0 Å². The van der Waals surface area contributed by atoms with E-state index in [9.17, 15) is 9.50 Å². The van der Waals surface area contributed by atoms with Crippen molar-refractivity contribution in [2.75, 3.05) is 38.2 Å². The van der Waals surface area contributed by atoms with Crippen molar-refractivity contribution in [1.82, 2.24) is 9.88 Å². The van der Waals surface area contributed by atoms with Crippen molar-refractivity contribution in [3.63, 3.8) is 0 Å². The van der Waals surface area contributed by atoms with E-state index in [1.54, 1.807) is 6.07 Å². The molecule has 3 atom stereocenters. The van der Waals surface area contributed by atoms with Gasteiger partial charge >= 0.3 is 0 Å². The Bertz CT molecular complexity index is 1120. The number of aryl methyl sites for hydroxylation is 2. The Labute approximate surface area is 206 Å². The highest BCUT2D eigenvalue weighted by Gasteiger charge is 2.42. The van der Waals surface area contributed by atoms with Crippen LogP contribution >= 0.6 is 0 Å². The van der Waals surface area contributed by atoms with E-state index in [0.717, 1.165) is 93.0 Å². The third kappa shape index (κ3) is 4.57. The summed E-state index contributed by atoms with van der Waals surface area (Å²) in [6.45, 7) is 3.89. The number of anilines is 1. The number of aromatic nitrogens is 1. The Kier molecular flexibility index (Phi) is 6.48. The Balaban J connectivity index is 1.02. The highest BCUT2D eigenvalue weighted by molar-refractivity contribution is 5.47. The smallest absolute Gasteiger partial charge is 0.129 e. The summed E-state index contributed by atoms with van der Waals surface area (Å²) in [6.07, 6.45) is 6.84. The monoisotopic (exact) mass is 479 g/mol. The first kappa shape index (κ1) is 23.0. The Hall–Kier alpha value is -2.48. The zero-order valence-corrected chi connectivity index (χ0v) is 20.1. The number of fused-ring (bicyclic) bond motifs is 4. The molecular formula is C28H34FN3O3. The minimum atomic E-state index is -0.314. The van der Waals surface area contributed by atoms with E-state index < -0.39 is 0 Å². The number of pyridine rings is 1. The maximum atomic E-state index is 14.2. The molecule has 1 aliphatic carbocycles. The molecule has 2 fully saturated rings. The summed E-state index contributed by atoms with van der Waals surface area (Å²) in [6, 6.07) is 8.93. The summed E-state index contributed by atoms with van der Waals surface area (Å²) < 4.78 is 26.2. The zero-order valence-electron chi connectivity index (χ0n) is 20.1. The molecule has 2 N–H and O–H groups in total. The summed E-state index contributed by atoms with van der Waals surface area (Å²) in [5, 5.41) is 14.5. The van der Waals surface area contributed by atoms with Gasteiger partial charge in [-0.3, -0.25) is 4.90 Å². The minimum absolute atomic E-state index is 0.133. The molecule has 1 aromatic heterocycles. The Morgan fingerprint density at radius 1 is 1.17 bits per heavy atom. The van der Waals surface area contributed by atoms with Gasteiger partial charge in [0, 0.05) is 37.5 Å². The third-order valence-corrected chi connectivity index (χ3v) is 7.86. The van der Waals surface area contributed by atoms with E-state index in [1.807, 2.05) is 6.07 Å². The van der Waals surface area contributed by atoms with Crippen molar-refractivity contribution in [2.24, 2.45) is 0 Å². The first-order valence-electron chi connectivity index (χ1n) is 13.1. The van der Waals surface area contributed by atoms with Gasteiger partial charge < -0.3 is 19.9 Å². The molecule has 6 nitrogen and oxygen atoms in total. The van der Waals surface area contributed by atoms with Crippen LogP contribution in [0.5, 0.6) is 0 Å². The van der Waals surface area contributed by atoms with Gasteiger partial charge in [-0.15, -0.1) is 0 Å². The minimum Gasteiger partial charge on any atom is -0.510 e. The molecule has 1 unspecified atom stereocenters. The average Bonchev–Trinajstić information content (AvgIpc) is 3.54. The molecule has 1 aromatic carbocycles. The number of nitrogens with one attached hydrogen (secondary N) is 1. The third-order valence-electron chi connectivity index (χ3n) is 7.86. The van der Waals surface area contributed by atoms with Crippen LogP contribution < -0.4 is 5.32 Å². The van der Waals surface area contributed by atoms with Crippen molar-refractivity contribution < 1.29 is 19.0 Å². The van der Waals surface area contributed by atoms with E-state index in [0.29, 0.717) is 12.4 Å². The molecule has 4 aliphatic rings. The normalized spacial score (nSPS) is 25.8. The Morgan fingerprint density at radius 3 is 3.06 bits per heavy atom. The van der Waals surface area contributed by atoms with Gasteiger partial charge in [0.05, 0.1) is 18.8 Å². The van der Waals surface area contributed by atoms with Crippen LogP contribution in [0.3, 0.4) is 0 Å². The number of aliphatic hydroxyl groups excluding tert-OH is 1. The molecular weight excluding hydrogens is 445 g/mol. The summed E-state index contributed by atoms with van der Waals surface area (Å²) in [5.74, 6) is 1.13. The standard InChI is InChI=1S/C28H34FN3O3/c29-19-7-9-22-24(16-19)25(26(33)23-11-15-35-27(22)23)32-13-10-21(17-32)34-14-2-1-5-20-8-6-18-4-3-12-30-28(18)31-20/h6-9,16,21,25,27,33H,1-5,10-15,17H2,(H,30,31)/t21-,25-,27?/m1/s1. The second-order valence-corrected chi connectivity index (χ2v) is 10.2. The summed E-state index contributed by atoms with van der Waals surface area (Å²) in [4.78, 5) is 7.02. The Morgan fingerprint density at radius 2 is 2.11 bits per heavy atom. The van der Waals surface area contributed by atoms with E-state index in [-0.39, 0.29) is 24.1 Å². The zero-order chi connectivity index (χ0) is 23.8. The molecule has 0 bridgehead atoms. The lowest BCUT2D eigenvalue weighted by molar-refractivity contribution is 0.0511.